The Morgan fingerprint density at radius 2 is 1.81 bits per heavy atom. The number of benzene rings is 2. The summed E-state index contributed by atoms with van der Waals surface area (Å²) >= 11 is 13.6. The van der Waals surface area contributed by atoms with Crippen LogP contribution in [0.15, 0.2) is 41.3 Å². The number of hydrogen-bond acceptors (Lipinski definition) is 2. The van der Waals surface area contributed by atoms with Gasteiger partial charge in [-0.05, 0) is 37.6 Å². The summed E-state index contributed by atoms with van der Waals surface area (Å²) in [6.07, 6.45) is 0. The number of halogens is 2. The highest BCUT2D eigenvalue weighted by Gasteiger charge is 2.10. The van der Waals surface area contributed by atoms with Crippen LogP contribution in [0.4, 0.5) is 5.69 Å². The van der Waals surface area contributed by atoms with Gasteiger partial charge in [-0.3, -0.25) is 4.79 Å². The normalized spacial score (nSPS) is 10.5. The Balaban J connectivity index is 2.01. The molecule has 1 amide bonds. The number of hydrogen-bond donors (Lipinski definition) is 1. The molecular formula is C16H15Cl2NOS. The Labute approximate surface area is 138 Å². The molecule has 0 saturated carbocycles. The highest BCUT2D eigenvalue weighted by atomic mass is 35.5. The lowest BCUT2D eigenvalue weighted by Crippen LogP contribution is -2.14. The molecular weight excluding hydrogens is 325 g/mol. The zero-order chi connectivity index (χ0) is 15.4. The summed E-state index contributed by atoms with van der Waals surface area (Å²) in [5, 5.41) is 3.63. The highest BCUT2D eigenvalue weighted by Crippen LogP contribution is 2.30. The first-order valence-electron chi connectivity index (χ1n) is 6.41. The predicted molar refractivity (Wildman–Crippen MR) is 91.7 cm³/mol. The molecule has 110 valence electrons. The first-order chi connectivity index (χ1) is 9.97. The molecule has 0 bridgehead atoms. The van der Waals surface area contributed by atoms with Crippen LogP contribution < -0.4 is 5.32 Å². The predicted octanol–water partition coefficient (Wildman–Crippen LogP) is 5.34. The smallest absolute Gasteiger partial charge is 0.234 e. The third-order valence-electron chi connectivity index (χ3n) is 2.93. The molecule has 5 heteroatoms. The van der Waals surface area contributed by atoms with Crippen molar-refractivity contribution in [3.05, 3.63) is 57.6 Å². The van der Waals surface area contributed by atoms with Crippen molar-refractivity contribution in [3.63, 3.8) is 0 Å². The van der Waals surface area contributed by atoms with Crippen LogP contribution in [0.2, 0.25) is 10.0 Å². The minimum Gasteiger partial charge on any atom is -0.323 e. The Morgan fingerprint density at radius 3 is 2.48 bits per heavy atom. The van der Waals surface area contributed by atoms with Gasteiger partial charge in [0.25, 0.3) is 0 Å². The van der Waals surface area contributed by atoms with Gasteiger partial charge in [-0.1, -0.05) is 47.0 Å². The lowest BCUT2D eigenvalue weighted by Gasteiger charge is -2.10. The molecule has 0 aliphatic heterocycles. The van der Waals surface area contributed by atoms with E-state index in [4.69, 9.17) is 23.2 Å². The number of nitrogens with one attached hydrogen (secondary N) is 1. The van der Waals surface area contributed by atoms with Gasteiger partial charge in [0, 0.05) is 4.90 Å². The summed E-state index contributed by atoms with van der Waals surface area (Å²) in [5.74, 6) is 0.183. The summed E-state index contributed by atoms with van der Waals surface area (Å²) in [7, 11) is 0. The molecule has 0 spiro atoms. The minimum atomic E-state index is -0.129. The Hall–Kier alpha value is -1.16. The molecule has 2 rings (SSSR count). The number of rotatable bonds is 4. The van der Waals surface area contributed by atoms with Crippen LogP contribution in [0.1, 0.15) is 11.1 Å². The molecule has 0 aliphatic rings. The maximum absolute atomic E-state index is 12.0. The van der Waals surface area contributed by atoms with E-state index in [-0.39, 0.29) is 5.91 Å². The van der Waals surface area contributed by atoms with Gasteiger partial charge in [0.05, 0.1) is 21.5 Å². The second-order valence-corrected chi connectivity index (χ2v) is 6.53. The van der Waals surface area contributed by atoms with Gasteiger partial charge in [-0.2, -0.15) is 0 Å². The highest BCUT2D eigenvalue weighted by molar-refractivity contribution is 8.00. The summed E-state index contributed by atoms with van der Waals surface area (Å²) in [5.41, 5.74) is 2.80. The molecule has 2 aromatic carbocycles. The van der Waals surface area contributed by atoms with Gasteiger partial charge in [0.1, 0.15) is 0 Å². The molecule has 0 radical (unpaired) electrons. The lowest BCUT2D eigenvalue weighted by molar-refractivity contribution is -0.113. The number of anilines is 1. The average molecular weight is 340 g/mol. The fourth-order valence-electron chi connectivity index (χ4n) is 1.80. The Morgan fingerprint density at radius 1 is 1.14 bits per heavy atom. The third kappa shape index (κ3) is 4.40. The third-order valence-corrected chi connectivity index (χ3v) is 4.72. The van der Waals surface area contributed by atoms with Gasteiger partial charge >= 0.3 is 0 Å². The number of carbonyl (C=O) groups is 1. The minimum absolute atomic E-state index is 0.129. The first kappa shape index (κ1) is 16.2. The van der Waals surface area contributed by atoms with E-state index in [1.54, 1.807) is 18.2 Å². The second kappa shape index (κ2) is 7.21. The second-order valence-electron chi connectivity index (χ2n) is 4.70. The number of amides is 1. The van der Waals surface area contributed by atoms with Gasteiger partial charge < -0.3 is 5.32 Å². The SMILES string of the molecule is Cc1ccc(C)c(SCC(=O)Nc2c(Cl)cccc2Cl)c1. The molecule has 0 unspecified atom stereocenters. The van der Waals surface area contributed by atoms with Gasteiger partial charge in [-0.15, -0.1) is 11.8 Å². The van der Waals surface area contributed by atoms with Crippen LogP contribution in [0.5, 0.6) is 0 Å². The maximum Gasteiger partial charge on any atom is 0.234 e. The van der Waals surface area contributed by atoms with Crippen LogP contribution in [0.3, 0.4) is 0 Å². The van der Waals surface area contributed by atoms with Crippen molar-refractivity contribution >= 4 is 46.6 Å². The van der Waals surface area contributed by atoms with Crippen molar-refractivity contribution in [2.24, 2.45) is 0 Å². The summed E-state index contributed by atoms with van der Waals surface area (Å²) in [6.45, 7) is 4.07. The fourth-order valence-corrected chi connectivity index (χ4v) is 3.21. The zero-order valence-corrected chi connectivity index (χ0v) is 14.1. The van der Waals surface area contributed by atoms with Crippen LogP contribution in [-0.2, 0) is 4.79 Å². The van der Waals surface area contributed by atoms with Crippen molar-refractivity contribution in [1.29, 1.82) is 0 Å². The largest absolute Gasteiger partial charge is 0.323 e. The monoisotopic (exact) mass is 339 g/mol. The van der Waals surface area contributed by atoms with Gasteiger partial charge in [-0.25, -0.2) is 0 Å². The molecule has 0 aromatic heterocycles. The molecule has 0 saturated heterocycles. The van der Waals surface area contributed by atoms with E-state index in [1.165, 1.54) is 17.3 Å². The number of thioether (sulfide) groups is 1. The molecule has 0 fully saturated rings. The number of carbonyl (C=O) groups excluding carboxylic acids is 1. The van der Waals surface area contributed by atoms with E-state index in [1.807, 2.05) is 13.8 Å². The Kier molecular flexibility index (Phi) is 5.57. The van der Waals surface area contributed by atoms with Crippen molar-refractivity contribution in [1.82, 2.24) is 0 Å². The van der Waals surface area contributed by atoms with Crippen molar-refractivity contribution in [2.75, 3.05) is 11.1 Å². The maximum atomic E-state index is 12.0. The molecule has 21 heavy (non-hydrogen) atoms. The summed E-state index contributed by atoms with van der Waals surface area (Å²) in [6, 6.07) is 11.3. The van der Waals surface area contributed by atoms with E-state index < -0.39 is 0 Å². The molecule has 0 aliphatic carbocycles. The summed E-state index contributed by atoms with van der Waals surface area (Å²) < 4.78 is 0. The molecule has 2 nitrogen and oxygen atoms in total. The fraction of sp³-hybridized carbons (Fsp3) is 0.188. The van der Waals surface area contributed by atoms with E-state index in [2.05, 4.69) is 23.5 Å². The van der Waals surface area contributed by atoms with Crippen molar-refractivity contribution in [2.45, 2.75) is 18.7 Å². The van der Waals surface area contributed by atoms with E-state index in [9.17, 15) is 4.79 Å². The first-order valence-corrected chi connectivity index (χ1v) is 8.15. The zero-order valence-electron chi connectivity index (χ0n) is 11.7. The lowest BCUT2D eigenvalue weighted by atomic mass is 10.2. The molecule has 2 aromatic rings. The van der Waals surface area contributed by atoms with Crippen LogP contribution in [0, 0.1) is 13.8 Å². The van der Waals surface area contributed by atoms with E-state index in [0.717, 1.165) is 10.5 Å². The molecule has 0 atom stereocenters. The van der Waals surface area contributed by atoms with Crippen LogP contribution in [-0.4, -0.2) is 11.7 Å². The Bertz CT molecular complexity index is 653. The van der Waals surface area contributed by atoms with Crippen molar-refractivity contribution < 1.29 is 4.79 Å². The summed E-state index contributed by atoms with van der Waals surface area (Å²) in [4.78, 5) is 13.1. The molecule has 0 heterocycles. The van der Waals surface area contributed by atoms with Crippen molar-refractivity contribution in [3.8, 4) is 0 Å². The number of para-hydroxylation sites is 1. The molecule has 1 N–H and O–H groups in total. The van der Waals surface area contributed by atoms with Crippen LogP contribution in [0.25, 0.3) is 0 Å². The van der Waals surface area contributed by atoms with Gasteiger partial charge in [0.2, 0.25) is 5.91 Å². The van der Waals surface area contributed by atoms with E-state index in [0.29, 0.717) is 21.5 Å². The van der Waals surface area contributed by atoms with Gasteiger partial charge in [0.15, 0.2) is 0 Å². The quantitative estimate of drug-likeness (QED) is 0.761. The standard InChI is InChI=1S/C16H15Cl2NOS/c1-10-6-7-11(2)14(8-10)21-9-15(20)19-16-12(17)4-3-5-13(16)18/h3-8H,9H2,1-2H3,(H,19,20). The van der Waals surface area contributed by atoms with Crippen LogP contribution >= 0.6 is 35.0 Å². The van der Waals surface area contributed by atoms with E-state index >= 15 is 0 Å². The topological polar surface area (TPSA) is 29.1 Å². The number of aryl methyl sites for hydroxylation is 2. The average Bonchev–Trinajstić information content (AvgIpc) is 2.44.